The Morgan fingerprint density at radius 1 is 1.36 bits per heavy atom. The van der Waals surface area contributed by atoms with Crippen molar-refractivity contribution < 1.29 is 4.84 Å². The van der Waals surface area contributed by atoms with Gasteiger partial charge in [0.15, 0.2) is 5.60 Å². The molecule has 0 aromatic rings. The van der Waals surface area contributed by atoms with Crippen molar-refractivity contribution in [3.63, 3.8) is 0 Å². The minimum atomic E-state index is -0.209. The lowest BCUT2D eigenvalue weighted by atomic mass is 10.1. The minimum Gasteiger partial charge on any atom is -0.385 e. The van der Waals surface area contributed by atoms with Gasteiger partial charge in [-0.15, -0.1) is 0 Å². The molecule has 1 heterocycles. The summed E-state index contributed by atoms with van der Waals surface area (Å²) in [6, 6.07) is 0. The third kappa shape index (κ3) is 3.81. The zero-order valence-electron chi connectivity index (χ0n) is 8.01. The van der Waals surface area contributed by atoms with Crippen molar-refractivity contribution in [2.75, 3.05) is 0 Å². The number of hydrogen-bond acceptors (Lipinski definition) is 2. The van der Waals surface area contributed by atoms with E-state index in [-0.39, 0.29) is 5.60 Å². The van der Waals surface area contributed by atoms with Gasteiger partial charge >= 0.3 is 0 Å². The lowest BCUT2D eigenvalue weighted by Gasteiger charge is -2.20. The van der Waals surface area contributed by atoms with Crippen LogP contribution in [0, 0.1) is 0 Å². The zero-order chi connectivity index (χ0) is 8.91. The molecular weight excluding hydrogens is 138 g/mol. The van der Waals surface area contributed by atoms with E-state index in [0.29, 0.717) is 0 Å². The molecule has 0 radical (unpaired) electrons. The number of nitrogens with zero attached hydrogens (tertiary/aromatic N) is 1. The first-order valence-corrected chi connectivity index (χ1v) is 4.02. The summed E-state index contributed by atoms with van der Waals surface area (Å²) in [4.78, 5) is 5.08. The van der Waals surface area contributed by atoms with Gasteiger partial charge in [-0.25, -0.2) is 0 Å². The first-order chi connectivity index (χ1) is 5.10. The monoisotopic (exact) mass is 155 g/mol. The molecule has 0 aromatic carbocycles. The molecule has 1 aliphatic rings. The molecule has 1 rings (SSSR count). The molecule has 0 unspecified atom stereocenters. The van der Waals surface area contributed by atoms with E-state index in [9.17, 15) is 0 Å². The fourth-order valence-corrected chi connectivity index (χ4v) is 0.572. The van der Waals surface area contributed by atoms with Gasteiger partial charge in [0.05, 0.1) is 5.71 Å². The maximum Gasteiger partial charge on any atom is 0.150 e. The fourth-order valence-electron chi connectivity index (χ4n) is 0.572. The second kappa shape index (κ2) is 4.16. The highest BCUT2D eigenvalue weighted by Gasteiger charge is 2.17. The van der Waals surface area contributed by atoms with Crippen LogP contribution in [-0.2, 0) is 4.84 Å². The molecular formula is C9H17NO. The lowest BCUT2D eigenvalue weighted by molar-refractivity contribution is 0.0213. The maximum absolute atomic E-state index is 5.08. The van der Waals surface area contributed by atoms with E-state index in [4.69, 9.17) is 4.84 Å². The van der Waals surface area contributed by atoms with Gasteiger partial charge in [-0.3, -0.25) is 0 Å². The normalized spacial score (nSPS) is 19.2. The smallest absolute Gasteiger partial charge is 0.150 e. The van der Waals surface area contributed by atoms with E-state index in [1.54, 1.807) is 0 Å². The van der Waals surface area contributed by atoms with Crippen LogP contribution in [0.15, 0.2) is 17.3 Å². The zero-order valence-corrected chi connectivity index (χ0v) is 8.01. The summed E-state index contributed by atoms with van der Waals surface area (Å²) in [5.41, 5.74) is 0.716. The standard InChI is InChI=1S/C7H11NO.C2H6/c1-6-4-5-7(2,3)9-8-6;1-2/h4-5H,1-3H3;1-2H3. The Morgan fingerprint density at radius 2 is 1.91 bits per heavy atom. The van der Waals surface area contributed by atoms with Crippen LogP contribution in [0.4, 0.5) is 0 Å². The van der Waals surface area contributed by atoms with Crippen molar-refractivity contribution in [1.29, 1.82) is 0 Å². The molecule has 0 bridgehead atoms. The molecule has 0 saturated heterocycles. The van der Waals surface area contributed by atoms with Gasteiger partial charge in [-0.1, -0.05) is 19.0 Å². The van der Waals surface area contributed by atoms with Gasteiger partial charge in [-0.05, 0) is 32.9 Å². The topological polar surface area (TPSA) is 21.6 Å². The largest absolute Gasteiger partial charge is 0.385 e. The highest BCUT2D eigenvalue weighted by molar-refractivity contribution is 5.92. The van der Waals surface area contributed by atoms with Gasteiger partial charge in [0.2, 0.25) is 0 Å². The molecule has 1 aliphatic heterocycles. The van der Waals surface area contributed by atoms with Crippen LogP contribution in [0.25, 0.3) is 0 Å². The summed E-state index contributed by atoms with van der Waals surface area (Å²) < 4.78 is 0. The summed E-state index contributed by atoms with van der Waals surface area (Å²) in [7, 11) is 0. The molecule has 0 fully saturated rings. The average molecular weight is 155 g/mol. The Balaban J connectivity index is 0.000000461. The van der Waals surface area contributed by atoms with Gasteiger partial charge in [0.1, 0.15) is 0 Å². The van der Waals surface area contributed by atoms with Crippen molar-refractivity contribution in [2.45, 2.75) is 40.2 Å². The second-order valence-corrected chi connectivity index (χ2v) is 2.76. The van der Waals surface area contributed by atoms with Crippen LogP contribution in [0.5, 0.6) is 0 Å². The summed E-state index contributed by atoms with van der Waals surface area (Å²) in [6.45, 7) is 9.85. The number of oxime groups is 1. The van der Waals surface area contributed by atoms with E-state index >= 15 is 0 Å². The molecule has 0 spiro atoms. The van der Waals surface area contributed by atoms with E-state index in [0.717, 1.165) is 5.71 Å². The van der Waals surface area contributed by atoms with Crippen molar-refractivity contribution in [3.05, 3.63) is 12.2 Å². The first-order valence-electron chi connectivity index (χ1n) is 4.02. The van der Waals surface area contributed by atoms with Crippen LogP contribution in [0.3, 0.4) is 0 Å². The van der Waals surface area contributed by atoms with Gasteiger partial charge in [-0.2, -0.15) is 0 Å². The molecule has 2 heteroatoms. The number of rotatable bonds is 0. The molecule has 0 saturated carbocycles. The molecule has 0 atom stereocenters. The van der Waals surface area contributed by atoms with Crippen LogP contribution in [0.1, 0.15) is 34.6 Å². The van der Waals surface area contributed by atoms with Gasteiger partial charge in [0, 0.05) is 0 Å². The van der Waals surface area contributed by atoms with Crippen LogP contribution in [-0.4, -0.2) is 11.3 Å². The van der Waals surface area contributed by atoms with E-state index in [1.165, 1.54) is 0 Å². The number of hydrogen-bond donors (Lipinski definition) is 0. The Bertz CT molecular complexity index is 168. The first kappa shape index (κ1) is 10.2. The molecule has 0 N–H and O–H groups in total. The highest BCUT2D eigenvalue weighted by atomic mass is 16.6. The Kier molecular flexibility index (Phi) is 3.86. The van der Waals surface area contributed by atoms with Crippen LogP contribution < -0.4 is 0 Å². The fraction of sp³-hybridized carbons (Fsp3) is 0.667. The molecule has 0 aromatic heterocycles. The molecule has 11 heavy (non-hydrogen) atoms. The maximum atomic E-state index is 5.08. The molecule has 64 valence electrons. The highest BCUT2D eigenvalue weighted by Crippen LogP contribution is 2.14. The predicted molar refractivity (Wildman–Crippen MR) is 48.8 cm³/mol. The summed E-state index contributed by atoms with van der Waals surface area (Å²) in [6.07, 6.45) is 3.96. The summed E-state index contributed by atoms with van der Waals surface area (Å²) in [5.74, 6) is 0. The third-order valence-electron chi connectivity index (χ3n) is 1.15. The summed E-state index contributed by atoms with van der Waals surface area (Å²) in [5, 5.41) is 3.81. The second-order valence-electron chi connectivity index (χ2n) is 2.76. The van der Waals surface area contributed by atoms with E-state index < -0.39 is 0 Å². The Morgan fingerprint density at radius 3 is 2.18 bits per heavy atom. The Hall–Kier alpha value is -0.790. The molecule has 0 amide bonds. The SMILES string of the molecule is CC.CC1=NOC(C)(C)C=C1. The number of allylic oxidation sites excluding steroid dienone is 1. The van der Waals surface area contributed by atoms with Crippen LogP contribution in [0.2, 0.25) is 0 Å². The third-order valence-corrected chi connectivity index (χ3v) is 1.15. The van der Waals surface area contributed by atoms with E-state index in [2.05, 4.69) is 5.16 Å². The van der Waals surface area contributed by atoms with Crippen molar-refractivity contribution in [1.82, 2.24) is 0 Å². The lowest BCUT2D eigenvalue weighted by Crippen LogP contribution is -2.21. The quantitative estimate of drug-likeness (QED) is 0.527. The molecule has 2 nitrogen and oxygen atoms in total. The van der Waals surface area contributed by atoms with Gasteiger partial charge < -0.3 is 4.84 Å². The predicted octanol–water partition coefficient (Wildman–Crippen LogP) is 2.75. The molecule has 0 aliphatic carbocycles. The average Bonchev–Trinajstić information content (AvgIpc) is 2.00. The summed E-state index contributed by atoms with van der Waals surface area (Å²) >= 11 is 0. The Labute approximate surface area is 68.9 Å². The van der Waals surface area contributed by atoms with Crippen molar-refractivity contribution >= 4 is 5.71 Å². The van der Waals surface area contributed by atoms with E-state index in [1.807, 2.05) is 46.8 Å². The van der Waals surface area contributed by atoms with Gasteiger partial charge in [0.25, 0.3) is 0 Å². The van der Waals surface area contributed by atoms with Crippen molar-refractivity contribution in [3.8, 4) is 0 Å². The van der Waals surface area contributed by atoms with Crippen molar-refractivity contribution in [2.24, 2.45) is 5.16 Å². The van der Waals surface area contributed by atoms with Crippen LogP contribution >= 0.6 is 0 Å². The minimum absolute atomic E-state index is 0.209.